The second kappa shape index (κ2) is 11.4. The summed E-state index contributed by atoms with van der Waals surface area (Å²) in [4.78, 5) is 21.9. The molecule has 0 atom stereocenters. The van der Waals surface area contributed by atoms with Gasteiger partial charge in [0.15, 0.2) is 0 Å². The van der Waals surface area contributed by atoms with Crippen molar-refractivity contribution in [2.75, 3.05) is 6.61 Å². The Bertz CT molecular complexity index is 733. The van der Waals surface area contributed by atoms with E-state index in [9.17, 15) is 9.59 Å². The Hall–Kier alpha value is -3.14. The number of carbonyl (C=O) groups excluding carboxylic acids is 1. The molecule has 0 aliphatic rings. The monoisotopic (exact) mass is 352 g/mol. The molecule has 2 rings (SSSR count). The number of ether oxygens (including phenoxy) is 1. The average molecular weight is 352 g/mol. The Balaban J connectivity index is 0.000000273. The first kappa shape index (κ1) is 20.9. The lowest BCUT2D eigenvalue weighted by atomic mass is 10.1. The largest absolute Gasteiger partial charge is 0.478 e. The highest BCUT2D eigenvalue weighted by Crippen LogP contribution is 2.13. The summed E-state index contributed by atoms with van der Waals surface area (Å²) in [6, 6.07) is 18.2. The van der Waals surface area contributed by atoms with Gasteiger partial charge >= 0.3 is 11.9 Å². The molecule has 0 aliphatic carbocycles. The van der Waals surface area contributed by atoms with Crippen LogP contribution in [0.2, 0.25) is 0 Å². The fraction of sp³-hybridized carbons (Fsp3) is 0.182. The number of hydrogen-bond donors (Lipinski definition) is 1. The van der Waals surface area contributed by atoms with E-state index in [1.807, 2.05) is 36.4 Å². The summed E-state index contributed by atoms with van der Waals surface area (Å²) in [5.74, 6) is -1.30. The second-order valence-corrected chi connectivity index (χ2v) is 5.48. The number of benzene rings is 2. The van der Waals surface area contributed by atoms with Crippen LogP contribution in [0, 0.1) is 0 Å². The van der Waals surface area contributed by atoms with Crippen LogP contribution in [0.15, 0.2) is 73.8 Å². The van der Waals surface area contributed by atoms with Gasteiger partial charge in [-0.1, -0.05) is 87.2 Å². The molecule has 4 nitrogen and oxygen atoms in total. The minimum atomic E-state index is -0.976. The van der Waals surface area contributed by atoms with Crippen molar-refractivity contribution in [2.45, 2.75) is 19.8 Å². The number of unbranched alkanes of at least 4 members (excludes halogenated alkanes) is 1. The van der Waals surface area contributed by atoms with Crippen LogP contribution in [0.3, 0.4) is 0 Å². The Morgan fingerprint density at radius 3 is 1.77 bits per heavy atom. The molecule has 4 heteroatoms. The van der Waals surface area contributed by atoms with Crippen molar-refractivity contribution in [1.82, 2.24) is 0 Å². The number of esters is 1. The number of aliphatic carboxylic acids is 1. The highest BCUT2D eigenvalue weighted by Gasteiger charge is 2.09. The molecule has 0 amide bonds. The van der Waals surface area contributed by atoms with Gasteiger partial charge in [0.1, 0.15) is 0 Å². The zero-order valence-electron chi connectivity index (χ0n) is 15.0. The Labute approximate surface area is 154 Å². The average Bonchev–Trinajstić information content (AvgIpc) is 2.68. The number of carboxylic acids is 1. The molecule has 0 radical (unpaired) electrons. The lowest BCUT2D eigenvalue weighted by Crippen LogP contribution is -2.07. The minimum absolute atomic E-state index is 0.130. The predicted octanol–water partition coefficient (Wildman–Crippen LogP) is 4.83. The third kappa shape index (κ3) is 7.18. The summed E-state index contributed by atoms with van der Waals surface area (Å²) in [5, 5.41) is 8.54. The number of rotatable bonds is 7. The highest BCUT2D eigenvalue weighted by atomic mass is 16.5. The zero-order chi connectivity index (χ0) is 19.4. The molecular formula is C22H24O4. The minimum Gasteiger partial charge on any atom is -0.478 e. The third-order valence-corrected chi connectivity index (χ3v) is 3.48. The van der Waals surface area contributed by atoms with E-state index in [0.29, 0.717) is 17.7 Å². The van der Waals surface area contributed by atoms with Crippen LogP contribution in [0.25, 0.3) is 11.1 Å². The van der Waals surface area contributed by atoms with Gasteiger partial charge < -0.3 is 9.84 Å². The van der Waals surface area contributed by atoms with Crippen molar-refractivity contribution in [3.63, 3.8) is 0 Å². The standard InChI is InChI=1S/C13H16O2.C9H8O2/c1-3-4-10-15-13(14)11(2)12-8-6-5-7-9-12;1-7(9(10)11)8-5-3-2-4-6-8/h5-9H,2-4,10H2,1H3;2-6H,1H2,(H,10,11). The van der Waals surface area contributed by atoms with Crippen LogP contribution in [0.4, 0.5) is 0 Å². The van der Waals surface area contributed by atoms with Crippen LogP contribution < -0.4 is 0 Å². The first-order chi connectivity index (χ1) is 12.5. The molecule has 136 valence electrons. The third-order valence-electron chi connectivity index (χ3n) is 3.48. The SMILES string of the molecule is C=C(C(=O)O)c1ccccc1.C=C(C(=O)OCCCC)c1ccccc1. The summed E-state index contributed by atoms with van der Waals surface area (Å²) in [6.07, 6.45) is 1.92. The Morgan fingerprint density at radius 2 is 1.35 bits per heavy atom. The second-order valence-electron chi connectivity index (χ2n) is 5.48. The van der Waals surface area contributed by atoms with E-state index in [1.165, 1.54) is 0 Å². The fourth-order valence-electron chi connectivity index (χ4n) is 1.92. The molecule has 0 bridgehead atoms. The van der Waals surface area contributed by atoms with E-state index in [4.69, 9.17) is 9.84 Å². The molecule has 0 aliphatic heterocycles. The molecule has 2 aromatic carbocycles. The summed E-state index contributed by atoms with van der Waals surface area (Å²) in [7, 11) is 0. The number of carboxylic acid groups (broad SMARTS) is 1. The summed E-state index contributed by atoms with van der Waals surface area (Å²) < 4.78 is 5.06. The van der Waals surface area contributed by atoms with Crippen molar-refractivity contribution in [3.05, 3.63) is 84.9 Å². The quantitative estimate of drug-likeness (QED) is 0.440. The topological polar surface area (TPSA) is 63.6 Å². The molecular weight excluding hydrogens is 328 g/mol. The molecule has 0 fully saturated rings. The molecule has 2 aromatic rings. The number of hydrogen-bond acceptors (Lipinski definition) is 3. The van der Waals surface area contributed by atoms with E-state index < -0.39 is 5.97 Å². The van der Waals surface area contributed by atoms with Gasteiger partial charge in [0.05, 0.1) is 17.8 Å². The van der Waals surface area contributed by atoms with E-state index >= 15 is 0 Å². The molecule has 0 saturated carbocycles. The van der Waals surface area contributed by atoms with E-state index in [0.717, 1.165) is 18.4 Å². The van der Waals surface area contributed by atoms with Crippen molar-refractivity contribution < 1.29 is 19.4 Å². The van der Waals surface area contributed by atoms with Crippen molar-refractivity contribution in [2.24, 2.45) is 0 Å². The predicted molar refractivity (Wildman–Crippen MR) is 104 cm³/mol. The molecule has 0 spiro atoms. The van der Waals surface area contributed by atoms with Crippen molar-refractivity contribution in [1.29, 1.82) is 0 Å². The first-order valence-corrected chi connectivity index (χ1v) is 8.36. The fourth-order valence-corrected chi connectivity index (χ4v) is 1.92. The molecule has 0 heterocycles. The van der Waals surface area contributed by atoms with Crippen molar-refractivity contribution in [3.8, 4) is 0 Å². The lowest BCUT2D eigenvalue weighted by molar-refractivity contribution is -0.136. The molecule has 26 heavy (non-hydrogen) atoms. The van der Waals surface area contributed by atoms with Crippen molar-refractivity contribution >= 4 is 23.1 Å². The molecule has 0 aromatic heterocycles. The maximum Gasteiger partial charge on any atom is 0.338 e. The van der Waals surface area contributed by atoms with Gasteiger partial charge in [-0.15, -0.1) is 0 Å². The first-order valence-electron chi connectivity index (χ1n) is 8.36. The van der Waals surface area contributed by atoms with E-state index in [-0.39, 0.29) is 11.5 Å². The van der Waals surface area contributed by atoms with Gasteiger partial charge in [0, 0.05) is 0 Å². The van der Waals surface area contributed by atoms with Crippen LogP contribution in [-0.4, -0.2) is 23.7 Å². The Morgan fingerprint density at radius 1 is 0.885 bits per heavy atom. The maximum atomic E-state index is 11.5. The van der Waals surface area contributed by atoms with Gasteiger partial charge in [0.2, 0.25) is 0 Å². The van der Waals surface area contributed by atoms with Gasteiger partial charge in [-0.2, -0.15) is 0 Å². The normalized spacial score (nSPS) is 9.42. The van der Waals surface area contributed by atoms with E-state index in [1.54, 1.807) is 24.3 Å². The highest BCUT2D eigenvalue weighted by molar-refractivity contribution is 6.15. The zero-order valence-corrected chi connectivity index (χ0v) is 15.0. The number of carbonyl (C=O) groups is 2. The van der Waals surface area contributed by atoms with Gasteiger partial charge in [-0.05, 0) is 17.5 Å². The smallest absolute Gasteiger partial charge is 0.338 e. The van der Waals surface area contributed by atoms with Crippen LogP contribution >= 0.6 is 0 Å². The molecule has 1 N–H and O–H groups in total. The molecule has 0 unspecified atom stereocenters. The van der Waals surface area contributed by atoms with Gasteiger partial charge in [-0.25, -0.2) is 9.59 Å². The van der Waals surface area contributed by atoms with Crippen LogP contribution in [-0.2, 0) is 14.3 Å². The Kier molecular flexibility index (Phi) is 9.18. The molecule has 0 saturated heterocycles. The van der Waals surface area contributed by atoms with Gasteiger partial charge in [0.25, 0.3) is 0 Å². The van der Waals surface area contributed by atoms with Crippen LogP contribution in [0.1, 0.15) is 30.9 Å². The van der Waals surface area contributed by atoms with Crippen LogP contribution in [0.5, 0.6) is 0 Å². The summed E-state index contributed by atoms with van der Waals surface area (Å²) in [6.45, 7) is 9.68. The maximum absolute atomic E-state index is 11.5. The lowest BCUT2D eigenvalue weighted by Gasteiger charge is -2.06. The summed E-state index contributed by atoms with van der Waals surface area (Å²) >= 11 is 0. The summed E-state index contributed by atoms with van der Waals surface area (Å²) in [5.41, 5.74) is 2.02. The van der Waals surface area contributed by atoms with Gasteiger partial charge in [-0.3, -0.25) is 0 Å². The van der Waals surface area contributed by atoms with E-state index in [2.05, 4.69) is 20.1 Å².